The van der Waals surface area contributed by atoms with Gasteiger partial charge in [-0.15, -0.1) is 0 Å². The molecule has 0 radical (unpaired) electrons. The minimum atomic E-state index is -0.164. The Balaban J connectivity index is 1.53. The first-order valence-corrected chi connectivity index (χ1v) is 11.5. The smallest absolute Gasteiger partial charge is 0.237 e. The number of rotatable bonds is 8. The number of aryl methyl sites for hydroxylation is 3. The van der Waals surface area contributed by atoms with Gasteiger partial charge in [0, 0.05) is 50.0 Å². The van der Waals surface area contributed by atoms with Crippen LogP contribution in [0.5, 0.6) is 5.75 Å². The van der Waals surface area contributed by atoms with E-state index >= 15 is 0 Å². The summed E-state index contributed by atoms with van der Waals surface area (Å²) in [5.74, 6) is 1.62. The predicted octanol–water partition coefficient (Wildman–Crippen LogP) is 2.77. The quantitative estimate of drug-likeness (QED) is 0.504. The van der Waals surface area contributed by atoms with E-state index in [0.29, 0.717) is 39.3 Å². The second-order valence-electron chi connectivity index (χ2n) is 8.91. The third-order valence-corrected chi connectivity index (χ3v) is 6.48. The lowest BCUT2D eigenvalue weighted by Gasteiger charge is -2.25. The summed E-state index contributed by atoms with van der Waals surface area (Å²) in [5, 5.41) is 8.38. The van der Waals surface area contributed by atoms with Gasteiger partial charge < -0.3 is 18.9 Å². The van der Waals surface area contributed by atoms with Gasteiger partial charge in [-0.25, -0.2) is 0 Å². The molecule has 9 nitrogen and oxygen atoms in total. The van der Waals surface area contributed by atoms with E-state index in [9.17, 15) is 4.79 Å². The molecule has 2 aromatic heterocycles. The summed E-state index contributed by atoms with van der Waals surface area (Å²) in [6.45, 7) is 8.85. The first-order chi connectivity index (χ1) is 16.3. The van der Waals surface area contributed by atoms with Crippen LogP contribution in [0.1, 0.15) is 33.8 Å². The molecule has 1 amide bonds. The lowest BCUT2D eigenvalue weighted by molar-refractivity contribution is -0.132. The molecule has 0 aliphatic carbocycles. The number of hydrogen-bond donors (Lipinski definition) is 0. The molecule has 9 heteroatoms. The van der Waals surface area contributed by atoms with Crippen molar-refractivity contribution in [1.82, 2.24) is 24.7 Å². The Labute approximate surface area is 200 Å². The molecule has 0 N–H and O–H groups in total. The molecule has 1 aromatic carbocycles. The molecule has 4 rings (SSSR count). The van der Waals surface area contributed by atoms with Gasteiger partial charge >= 0.3 is 0 Å². The van der Waals surface area contributed by atoms with Crippen LogP contribution < -0.4 is 4.74 Å². The number of benzene rings is 1. The van der Waals surface area contributed by atoms with E-state index in [1.54, 1.807) is 7.11 Å². The molecule has 1 aliphatic heterocycles. The molecule has 34 heavy (non-hydrogen) atoms. The zero-order valence-electron chi connectivity index (χ0n) is 20.6. The molecule has 1 fully saturated rings. The number of carbonyl (C=O) groups excluding carboxylic acids is 1. The lowest BCUT2D eigenvalue weighted by Crippen LogP contribution is -2.37. The van der Waals surface area contributed by atoms with E-state index < -0.39 is 0 Å². The molecule has 182 valence electrons. The predicted molar refractivity (Wildman–Crippen MR) is 126 cm³/mol. The third kappa shape index (κ3) is 5.48. The van der Waals surface area contributed by atoms with Crippen LogP contribution in [0.4, 0.5) is 0 Å². The second-order valence-corrected chi connectivity index (χ2v) is 8.91. The van der Waals surface area contributed by atoms with Gasteiger partial charge in [0.1, 0.15) is 11.5 Å². The number of carbonyl (C=O) groups is 1. The van der Waals surface area contributed by atoms with Crippen molar-refractivity contribution in [2.75, 3.05) is 26.7 Å². The number of ether oxygens (including phenoxy) is 2. The Bertz CT molecular complexity index is 1120. The SMILES string of the molecule is COc1cccc(CN2CC(OCc3c(C)noc3C)CN(Cc3cnn(C)c3C)CC2=O)c1. The Morgan fingerprint density at radius 2 is 2.00 bits per heavy atom. The van der Waals surface area contributed by atoms with Gasteiger partial charge in [0.25, 0.3) is 0 Å². The number of aromatic nitrogens is 3. The van der Waals surface area contributed by atoms with Crippen molar-refractivity contribution in [3.63, 3.8) is 0 Å². The molecule has 1 unspecified atom stereocenters. The summed E-state index contributed by atoms with van der Waals surface area (Å²) >= 11 is 0. The van der Waals surface area contributed by atoms with Crippen molar-refractivity contribution >= 4 is 5.91 Å². The van der Waals surface area contributed by atoms with E-state index in [1.165, 1.54) is 0 Å². The molecule has 0 bridgehead atoms. The summed E-state index contributed by atoms with van der Waals surface area (Å²) in [6, 6.07) is 7.83. The first-order valence-electron chi connectivity index (χ1n) is 11.5. The summed E-state index contributed by atoms with van der Waals surface area (Å²) in [5.41, 5.74) is 5.02. The van der Waals surface area contributed by atoms with E-state index in [4.69, 9.17) is 14.0 Å². The number of amides is 1. The first kappa shape index (κ1) is 24.0. The summed E-state index contributed by atoms with van der Waals surface area (Å²) in [6.07, 6.45) is 1.71. The van der Waals surface area contributed by atoms with Crippen molar-refractivity contribution < 1.29 is 18.8 Å². The van der Waals surface area contributed by atoms with Crippen molar-refractivity contribution in [3.05, 3.63) is 64.3 Å². The Morgan fingerprint density at radius 3 is 2.68 bits per heavy atom. The zero-order chi connectivity index (χ0) is 24.2. The maximum absolute atomic E-state index is 13.3. The number of methoxy groups -OCH3 is 1. The minimum Gasteiger partial charge on any atom is -0.497 e. The van der Waals surface area contributed by atoms with Gasteiger partial charge in [-0.1, -0.05) is 17.3 Å². The van der Waals surface area contributed by atoms with Gasteiger partial charge in [-0.2, -0.15) is 5.10 Å². The monoisotopic (exact) mass is 467 g/mol. The molecule has 0 spiro atoms. The van der Waals surface area contributed by atoms with Gasteiger partial charge in [0.05, 0.1) is 38.3 Å². The number of hydrogen-bond acceptors (Lipinski definition) is 7. The largest absolute Gasteiger partial charge is 0.497 e. The third-order valence-electron chi connectivity index (χ3n) is 6.48. The highest BCUT2D eigenvalue weighted by molar-refractivity contribution is 5.78. The fourth-order valence-corrected chi connectivity index (χ4v) is 4.27. The molecule has 3 aromatic rings. The van der Waals surface area contributed by atoms with Crippen LogP contribution in [0, 0.1) is 20.8 Å². The maximum Gasteiger partial charge on any atom is 0.237 e. The fraction of sp³-hybridized carbons (Fsp3) is 0.480. The summed E-state index contributed by atoms with van der Waals surface area (Å²) < 4.78 is 18.9. The average Bonchev–Trinajstić information content (AvgIpc) is 3.26. The molecule has 1 saturated heterocycles. The van der Waals surface area contributed by atoms with Crippen molar-refractivity contribution in [1.29, 1.82) is 0 Å². The van der Waals surface area contributed by atoms with Crippen LogP contribution in [0.2, 0.25) is 0 Å². The van der Waals surface area contributed by atoms with E-state index in [0.717, 1.165) is 39.6 Å². The normalized spacial score (nSPS) is 17.3. The van der Waals surface area contributed by atoms with Crippen molar-refractivity contribution in [3.8, 4) is 5.75 Å². The second kappa shape index (κ2) is 10.4. The van der Waals surface area contributed by atoms with Gasteiger partial charge in [0.2, 0.25) is 5.91 Å². The van der Waals surface area contributed by atoms with Gasteiger partial charge in [-0.3, -0.25) is 14.4 Å². The molecular formula is C25H33N5O4. The minimum absolute atomic E-state index is 0.0767. The zero-order valence-corrected chi connectivity index (χ0v) is 20.6. The van der Waals surface area contributed by atoms with Crippen LogP contribution in [0.15, 0.2) is 35.0 Å². The average molecular weight is 468 g/mol. The van der Waals surface area contributed by atoms with Crippen LogP contribution in [-0.2, 0) is 36.3 Å². The Hall–Kier alpha value is -3.17. The van der Waals surface area contributed by atoms with Crippen molar-refractivity contribution in [2.45, 2.75) is 46.6 Å². The fourth-order valence-electron chi connectivity index (χ4n) is 4.27. The molecule has 3 heterocycles. The van der Waals surface area contributed by atoms with Crippen molar-refractivity contribution in [2.24, 2.45) is 7.05 Å². The summed E-state index contributed by atoms with van der Waals surface area (Å²) in [7, 11) is 3.57. The van der Waals surface area contributed by atoms with Crippen LogP contribution in [0.3, 0.4) is 0 Å². The highest BCUT2D eigenvalue weighted by Crippen LogP contribution is 2.20. The lowest BCUT2D eigenvalue weighted by atomic mass is 10.2. The highest BCUT2D eigenvalue weighted by Gasteiger charge is 2.29. The highest BCUT2D eigenvalue weighted by atomic mass is 16.5. The van der Waals surface area contributed by atoms with Crippen LogP contribution >= 0.6 is 0 Å². The van der Waals surface area contributed by atoms with E-state index in [1.807, 2.05) is 67.9 Å². The number of nitrogens with zero attached hydrogens (tertiary/aromatic N) is 5. The Kier molecular flexibility index (Phi) is 7.33. The van der Waals surface area contributed by atoms with E-state index in [-0.39, 0.29) is 12.0 Å². The van der Waals surface area contributed by atoms with Gasteiger partial charge in [0.15, 0.2) is 0 Å². The van der Waals surface area contributed by atoms with Crippen LogP contribution in [-0.4, -0.2) is 63.5 Å². The van der Waals surface area contributed by atoms with Gasteiger partial charge in [-0.05, 0) is 38.5 Å². The summed E-state index contributed by atoms with van der Waals surface area (Å²) in [4.78, 5) is 17.3. The molecule has 1 aliphatic rings. The van der Waals surface area contributed by atoms with E-state index in [2.05, 4.69) is 15.2 Å². The molecule has 1 atom stereocenters. The Morgan fingerprint density at radius 1 is 1.18 bits per heavy atom. The molecular weight excluding hydrogens is 434 g/mol. The standard InChI is InChI=1S/C25H33N5O4/c1-17-24(19(3)34-27-17)16-33-23-13-29(12-21-10-26-28(4)18(21)2)15-25(31)30(14-23)11-20-7-6-8-22(9-20)32-5/h6-10,23H,11-16H2,1-5H3. The topological polar surface area (TPSA) is 85.9 Å². The van der Waals surface area contributed by atoms with Crippen LogP contribution in [0.25, 0.3) is 0 Å². The maximum atomic E-state index is 13.3. The molecule has 0 saturated carbocycles.